The van der Waals surface area contributed by atoms with Crippen LogP contribution in [0.2, 0.25) is 0 Å². The molecule has 114 valence electrons. The average Bonchev–Trinajstić information content (AvgIpc) is 2.46. The molecule has 1 unspecified atom stereocenters. The zero-order chi connectivity index (χ0) is 16.0. The highest BCUT2D eigenvalue weighted by molar-refractivity contribution is 6.08. The van der Waals surface area contributed by atoms with Gasteiger partial charge >= 0.3 is 5.97 Å². The molecule has 1 aromatic rings. The number of carbonyl (C=O) groups is 3. The Labute approximate surface area is 121 Å². The highest BCUT2D eigenvalue weighted by Gasteiger charge is 2.41. The van der Waals surface area contributed by atoms with E-state index in [2.05, 4.69) is 0 Å². The summed E-state index contributed by atoms with van der Waals surface area (Å²) in [5.74, 6) is -3.94. The van der Waals surface area contributed by atoms with Crippen LogP contribution in [0, 0.1) is 5.92 Å². The Hall–Kier alpha value is -2.25. The Morgan fingerprint density at radius 2 is 1.86 bits per heavy atom. The third-order valence-corrected chi connectivity index (χ3v) is 3.21. The molecule has 0 radical (unpaired) electrons. The molecule has 21 heavy (non-hydrogen) atoms. The third-order valence-electron chi connectivity index (χ3n) is 3.21. The number of nitrogens with one attached hydrogen (secondary N) is 1. The fraction of sp³-hybridized carbons (Fsp3) is 0.357. The number of carboxylic acids is 1. The fourth-order valence-electron chi connectivity index (χ4n) is 1.96. The van der Waals surface area contributed by atoms with Crippen LogP contribution in [-0.4, -0.2) is 33.5 Å². The van der Waals surface area contributed by atoms with E-state index in [0.29, 0.717) is 0 Å². The van der Waals surface area contributed by atoms with Crippen LogP contribution in [0.3, 0.4) is 0 Å². The minimum atomic E-state index is -2.09. The van der Waals surface area contributed by atoms with Crippen LogP contribution < -0.4 is 11.2 Å². The molecule has 0 fully saturated rings. The quantitative estimate of drug-likeness (QED) is 0.321. The molecule has 0 saturated carbocycles. The van der Waals surface area contributed by atoms with Gasteiger partial charge in [0.1, 0.15) is 0 Å². The van der Waals surface area contributed by atoms with E-state index in [1.165, 1.54) is 5.48 Å². The van der Waals surface area contributed by atoms with Gasteiger partial charge in [0, 0.05) is 12.3 Å². The molecule has 0 aliphatic heterocycles. The molecule has 0 saturated heterocycles. The molecule has 1 amide bonds. The van der Waals surface area contributed by atoms with Gasteiger partial charge in [0.05, 0.1) is 0 Å². The zero-order valence-corrected chi connectivity index (χ0v) is 11.6. The molecule has 2 atom stereocenters. The lowest BCUT2D eigenvalue weighted by Gasteiger charge is -2.24. The summed E-state index contributed by atoms with van der Waals surface area (Å²) in [5, 5.41) is 17.6. The second kappa shape index (κ2) is 6.96. The van der Waals surface area contributed by atoms with Crippen LogP contribution in [0.5, 0.6) is 0 Å². The van der Waals surface area contributed by atoms with Gasteiger partial charge in [0.25, 0.3) is 0 Å². The summed E-state index contributed by atoms with van der Waals surface area (Å²) in [6.07, 6.45) is -0.183. The van der Waals surface area contributed by atoms with Crippen molar-refractivity contribution in [2.45, 2.75) is 25.3 Å². The summed E-state index contributed by atoms with van der Waals surface area (Å²) in [6, 6.07) is 8.84. The number of amides is 1. The van der Waals surface area contributed by atoms with Gasteiger partial charge in [-0.1, -0.05) is 30.3 Å². The molecule has 0 aliphatic carbocycles. The lowest BCUT2D eigenvalue weighted by molar-refractivity contribution is -0.150. The van der Waals surface area contributed by atoms with Crippen molar-refractivity contribution in [2.24, 2.45) is 11.7 Å². The first kappa shape index (κ1) is 16.8. The molecule has 1 rings (SSSR count). The molecule has 7 nitrogen and oxygen atoms in total. The molecule has 1 aromatic carbocycles. The Morgan fingerprint density at radius 1 is 1.29 bits per heavy atom. The van der Waals surface area contributed by atoms with Gasteiger partial charge in [-0.15, -0.1) is 0 Å². The Morgan fingerprint density at radius 3 is 2.33 bits per heavy atom. The van der Waals surface area contributed by atoms with Crippen LogP contribution in [0.4, 0.5) is 0 Å². The number of hydrogen-bond donors (Lipinski definition) is 4. The van der Waals surface area contributed by atoms with E-state index in [4.69, 9.17) is 16.0 Å². The maximum Gasteiger partial charge on any atom is 0.331 e. The monoisotopic (exact) mass is 294 g/mol. The van der Waals surface area contributed by atoms with Crippen molar-refractivity contribution >= 4 is 17.7 Å². The minimum absolute atomic E-state index is 0.160. The standard InChI is InChI=1S/C14H18N2O5/c1-14(15,13(19)20)12(18)10(8-11(17)16-21)7-9-5-3-2-4-6-9/h2-6,10,21H,7-8,15H2,1H3,(H,16,17)(H,19,20)/t10?,14-/m1/s1. The number of hydroxylamine groups is 1. The lowest BCUT2D eigenvalue weighted by Crippen LogP contribution is -2.55. The Balaban J connectivity index is 2.99. The normalized spacial score (nSPS) is 14.8. The smallest absolute Gasteiger partial charge is 0.331 e. The Kier molecular flexibility index (Phi) is 5.57. The average molecular weight is 294 g/mol. The molecule has 0 aliphatic rings. The first-order chi connectivity index (χ1) is 9.78. The maximum absolute atomic E-state index is 12.3. The van der Waals surface area contributed by atoms with Gasteiger partial charge in [-0.2, -0.15) is 0 Å². The van der Waals surface area contributed by atoms with E-state index in [0.717, 1.165) is 12.5 Å². The van der Waals surface area contributed by atoms with Crippen molar-refractivity contribution in [1.82, 2.24) is 5.48 Å². The van der Waals surface area contributed by atoms with Gasteiger partial charge in [-0.05, 0) is 18.9 Å². The van der Waals surface area contributed by atoms with Crippen LogP contribution in [0.15, 0.2) is 30.3 Å². The van der Waals surface area contributed by atoms with Gasteiger partial charge in [0.2, 0.25) is 5.91 Å². The number of Topliss-reactive ketones (excluding diaryl/α,β-unsaturated/α-hetero) is 1. The molecule has 0 heterocycles. The minimum Gasteiger partial charge on any atom is -0.480 e. The second-order valence-electron chi connectivity index (χ2n) is 5.00. The van der Waals surface area contributed by atoms with Crippen molar-refractivity contribution in [3.8, 4) is 0 Å². The number of carboxylic acid groups (broad SMARTS) is 1. The maximum atomic E-state index is 12.3. The lowest BCUT2D eigenvalue weighted by atomic mass is 9.82. The van der Waals surface area contributed by atoms with Gasteiger partial charge in [-0.25, -0.2) is 10.3 Å². The molecule has 5 N–H and O–H groups in total. The summed E-state index contributed by atoms with van der Waals surface area (Å²) in [4.78, 5) is 34.7. The first-order valence-electron chi connectivity index (χ1n) is 6.32. The van der Waals surface area contributed by atoms with Crippen molar-refractivity contribution in [3.05, 3.63) is 35.9 Å². The molecular formula is C14H18N2O5. The number of rotatable bonds is 7. The van der Waals surface area contributed by atoms with Gasteiger partial charge in [0.15, 0.2) is 11.3 Å². The van der Waals surface area contributed by atoms with Crippen molar-refractivity contribution < 1.29 is 24.7 Å². The topological polar surface area (TPSA) is 130 Å². The van der Waals surface area contributed by atoms with E-state index < -0.39 is 29.1 Å². The molecule has 0 spiro atoms. The number of carbonyl (C=O) groups excluding carboxylic acids is 2. The van der Waals surface area contributed by atoms with Crippen LogP contribution >= 0.6 is 0 Å². The predicted octanol–water partition coefficient (Wildman–Crippen LogP) is 0.112. The highest BCUT2D eigenvalue weighted by atomic mass is 16.5. The molecule has 0 bridgehead atoms. The molecule has 0 aromatic heterocycles. The number of hydrogen-bond acceptors (Lipinski definition) is 5. The van der Waals surface area contributed by atoms with Gasteiger partial charge < -0.3 is 10.8 Å². The van der Waals surface area contributed by atoms with E-state index in [1.54, 1.807) is 30.3 Å². The van der Waals surface area contributed by atoms with Crippen molar-refractivity contribution in [1.29, 1.82) is 0 Å². The predicted molar refractivity (Wildman–Crippen MR) is 73.4 cm³/mol. The van der Waals surface area contributed by atoms with Crippen molar-refractivity contribution in [3.63, 3.8) is 0 Å². The third kappa shape index (κ3) is 4.37. The summed E-state index contributed by atoms with van der Waals surface area (Å²) < 4.78 is 0. The number of nitrogens with two attached hydrogens (primary N) is 1. The summed E-state index contributed by atoms with van der Waals surface area (Å²) in [6.45, 7) is 1.09. The summed E-state index contributed by atoms with van der Waals surface area (Å²) in [7, 11) is 0. The van der Waals surface area contributed by atoms with E-state index in [1.807, 2.05) is 0 Å². The summed E-state index contributed by atoms with van der Waals surface area (Å²) >= 11 is 0. The van der Waals surface area contributed by atoms with Crippen LogP contribution in [0.25, 0.3) is 0 Å². The largest absolute Gasteiger partial charge is 0.480 e. The SMILES string of the molecule is C[C@](N)(C(=O)O)C(=O)C(CC(=O)NO)Cc1ccccc1. The van der Waals surface area contributed by atoms with E-state index in [9.17, 15) is 14.4 Å². The van der Waals surface area contributed by atoms with Crippen molar-refractivity contribution in [2.75, 3.05) is 0 Å². The first-order valence-corrected chi connectivity index (χ1v) is 6.32. The Bertz CT molecular complexity index is 527. The van der Waals surface area contributed by atoms with Crippen LogP contribution in [0.1, 0.15) is 18.9 Å². The number of ketones is 1. The van der Waals surface area contributed by atoms with Gasteiger partial charge in [-0.3, -0.25) is 14.8 Å². The summed E-state index contributed by atoms with van der Waals surface area (Å²) in [5.41, 5.74) is 5.65. The zero-order valence-electron chi connectivity index (χ0n) is 11.6. The molecular weight excluding hydrogens is 276 g/mol. The second-order valence-corrected chi connectivity index (χ2v) is 5.00. The highest BCUT2D eigenvalue weighted by Crippen LogP contribution is 2.19. The number of benzene rings is 1. The van der Waals surface area contributed by atoms with E-state index in [-0.39, 0.29) is 12.8 Å². The molecule has 7 heteroatoms. The number of aliphatic carboxylic acids is 1. The fourth-order valence-corrected chi connectivity index (χ4v) is 1.96. The van der Waals surface area contributed by atoms with E-state index >= 15 is 0 Å². The van der Waals surface area contributed by atoms with Crippen LogP contribution in [-0.2, 0) is 20.8 Å².